The number of nitrogens with one attached hydrogen (secondary N) is 1. The van der Waals surface area contributed by atoms with Crippen molar-refractivity contribution in [3.63, 3.8) is 0 Å². The number of rotatable bonds is 6. The fourth-order valence-electron chi connectivity index (χ4n) is 3.99. The molecule has 1 saturated heterocycles. The van der Waals surface area contributed by atoms with Gasteiger partial charge in [-0.15, -0.1) is 11.3 Å². The van der Waals surface area contributed by atoms with Crippen LogP contribution in [0.2, 0.25) is 0 Å². The largest absolute Gasteiger partial charge is 0.455 e. The summed E-state index contributed by atoms with van der Waals surface area (Å²) in [6.45, 7) is 7.52. The van der Waals surface area contributed by atoms with E-state index in [-0.39, 0.29) is 30.4 Å². The molecule has 0 spiro atoms. The third-order valence-electron chi connectivity index (χ3n) is 6.14. The summed E-state index contributed by atoms with van der Waals surface area (Å²) in [5.41, 5.74) is 1.23. The van der Waals surface area contributed by atoms with Crippen molar-refractivity contribution in [1.29, 1.82) is 0 Å². The van der Waals surface area contributed by atoms with E-state index in [2.05, 4.69) is 34.0 Å². The van der Waals surface area contributed by atoms with Crippen LogP contribution in [0.15, 0.2) is 6.33 Å². The summed E-state index contributed by atoms with van der Waals surface area (Å²) in [5, 5.41) is 4.04. The van der Waals surface area contributed by atoms with Crippen molar-refractivity contribution < 1.29 is 14.3 Å². The van der Waals surface area contributed by atoms with E-state index in [4.69, 9.17) is 4.74 Å². The second-order valence-electron chi connectivity index (χ2n) is 8.22. The van der Waals surface area contributed by atoms with E-state index in [0.717, 1.165) is 29.1 Å². The monoisotopic (exact) mass is 416 g/mol. The van der Waals surface area contributed by atoms with Crippen molar-refractivity contribution in [2.45, 2.75) is 52.5 Å². The van der Waals surface area contributed by atoms with Crippen molar-refractivity contribution in [3.8, 4) is 0 Å². The number of amides is 1. The molecule has 1 amide bonds. The summed E-state index contributed by atoms with van der Waals surface area (Å²) in [7, 11) is 0. The first-order chi connectivity index (χ1) is 13.9. The Hall–Kier alpha value is -2.22. The number of carbonyl (C=O) groups excluding carboxylic acids is 2. The summed E-state index contributed by atoms with van der Waals surface area (Å²) >= 11 is 1.69. The number of aromatic nitrogens is 2. The van der Waals surface area contributed by atoms with Gasteiger partial charge in [0.1, 0.15) is 17.0 Å². The Morgan fingerprint density at radius 2 is 1.97 bits per heavy atom. The number of piperidine rings is 1. The molecule has 2 fully saturated rings. The fraction of sp³-hybridized carbons (Fsp3) is 0.619. The number of thiophene rings is 1. The minimum Gasteiger partial charge on any atom is -0.455 e. The normalized spacial score (nSPS) is 18.7. The third-order valence-corrected chi connectivity index (χ3v) is 7.25. The molecule has 1 atom stereocenters. The van der Waals surface area contributed by atoms with Gasteiger partial charge < -0.3 is 15.0 Å². The van der Waals surface area contributed by atoms with Gasteiger partial charge >= 0.3 is 5.97 Å². The first-order valence-corrected chi connectivity index (χ1v) is 11.2. The number of hydrogen-bond acceptors (Lipinski definition) is 7. The van der Waals surface area contributed by atoms with E-state index < -0.39 is 0 Å². The first-order valence-electron chi connectivity index (χ1n) is 10.4. The van der Waals surface area contributed by atoms with Gasteiger partial charge in [-0.25, -0.2) is 9.97 Å². The number of aryl methyl sites for hydroxylation is 2. The number of nitrogens with zero attached hydrogens (tertiary/aromatic N) is 3. The lowest BCUT2D eigenvalue weighted by Gasteiger charge is -2.32. The van der Waals surface area contributed by atoms with Crippen LogP contribution < -0.4 is 10.2 Å². The summed E-state index contributed by atoms with van der Waals surface area (Å²) in [6, 6.07) is 0.165. The number of ether oxygens (including phenoxy) is 1. The van der Waals surface area contributed by atoms with Crippen LogP contribution in [0.1, 0.15) is 43.0 Å². The second kappa shape index (κ2) is 8.26. The molecular formula is C21H28N4O3S. The topological polar surface area (TPSA) is 84.4 Å². The van der Waals surface area contributed by atoms with E-state index in [9.17, 15) is 9.59 Å². The number of carbonyl (C=O) groups is 2. The number of hydrogen-bond donors (Lipinski definition) is 1. The molecule has 7 nitrogen and oxygen atoms in total. The van der Waals surface area contributed by atoms with Crippen LogP contribution in [0, 0.1) is 25.7 Å². The lowest BCUT2D eigenvalue weighted by Crippen LogP contribution is -2.40. The van der Waals surface area contributed by atoms with Gasteiger partial charge in [-0.3, -0.25) is 9.59 Å². The molecule has 2 aromatic rings. The molecule has 8 heteroatoms. The van der Waals surface area contributed by atoms with Gasteiger partial charge in [0.15, 0.2) is 6.61 Å². The molecule has 2 aliphatic rings. The molecule has 4 rings (SSSR count). The van der Waals surface area contributed by atoms with Crippen LogP contribution in [0.4, 0.5) is 5.82 Å². The minimum atomic E-state index is -0.269. The zero-order valence-electron chi connectivity index (χ0n) is 17.2. The Labute approximate surface area is 174 Å². The number of anilines is 1. The highest BCUT2D eigenvalue weighted by molar-refractivity contribution is 7.18. The van der Waals surface area contributed by atoms with Crippen LogP contribution in [0.5, 0.6) is 0 Å². The molecule has 0 radical (unpaired) electrons. The Bertz CT molecular complexity index is 916. The predicted molar refractivity (Wildman–Crippen MR) is 113 cm³/mol. The minimum absolute atomic E-state index is 0.164. The van der Waals surface area contributed by atoms with E-state index in [1.165, 1.54) is 23.3 Å². The van der Waals surface area contributed by atoms with E-state index >= 15 is 0 Å². The molecule has 29 heavy (non-hydrogen) atoms. The lowest BCUT2D eigenvalue weighted by atomic mass is 9.97. The zero-order chi connectivity index (χ0) is 20.5. The Balaban J connectivity index is 1.30. The third kappa shape index (κ3) is 4.37. The summed E-state index contributed by atoms with van der Waals surface area (Å²) in [6.07, 6.45) is 5.36. The van der Waals surface area contributed by atoms with Crippen molar-refractivity contribution in [3.05, 3.63) is 16.8 Å². The predicted octanol–water partition coefficient (Wildman–Crippen LogP) is 2.98. The van der Waals surface area contributed by atoms with Crippen LogP contribution >= 0.6 is 11.3 Å². The average molecular weight is 417 g/mol. The Morgan fingerprint density at radius 3 is 2.66 bits per heavy atom. The molecule has 1 aliphatic heterocycles. The molecule has 2 aromatic heterocycles. The van der Waals surface area contributed by atoms with Crippen molar-refractivity contribution in [2.75, 3.05) is 24.6 Å². The van der Waals surface area contributed by atoms with Gasteiger partial charge in [0.25, 0.3) is 5.91 Å². The maximum Gasteiger partial charge on any atom is 0.309 e. The van der Waals surface area contributed by atoms with Gasteiger partial charge in [-0.05, 0) is 57.9 Å². The standard InChI is InChI=1S/C21H28N4O3S/c1-12-14(3)29-20-18(12)19(22-11-23-20)25-8-6-16(7-9-25)21(27)28-10-17(26)24-13(2)15-4-5-15/h11,13,15-16H,4-10H2,1-3H3,(H,24,26). The van der Waals surface area contributed by atoms with Crippen molar-refractivity contribution in [2.24, 2.45) is 11.8 Å². The van der Waals surface area contributed by atoms with Gasteiger partial charge in [-0.1, -0.05) is 0 Å². The molecule has 1 aliphatic carbocycles. The molecule has 0 bridgehead atoms. The highest BCUT2D eigenvalue weighted by Crippen LogP contribution is 2.35. The number of esters is 1. The van der Waals surface area contributed by atoms with Gasteiger partial charge in [0.2, 0.25) is 0 Å². The highest BCUT2D eigenvalue weighted by atomic mass is 32.1. The molecule has 0 aromatic carbocycles. The SMILES string of the molecule is Cc1sc2ncnc(N3CCC(C(=O)OCC(=O)NC(C)C4CC4)CC3)c2c1C. The summed E-state index contributed by atoms with van der Waals surface area (Å²) < 4.78 is 5.28. The smallest absolute Gasteiger partial charge is 0.309 e. The van der Waals surface area contributed by atoms with E-state index in [0.29, 0.717) is 18.8 Å². The molecule has 1 unspecified atom stereocenters. The molecule has 1 N–H and O–H groups in total. The Morgan fingerprint density at radius 1 is 1.24 bits per heavy atom. The van der Waals surface area contributed by atoms with Crippen LogP contribution in [-0.2, 0) is 14.3 Å². The average Bonchev–Trinajstić information content (AvgIpc) is 3.53. The van der Waals surface area contributed by atoms with E-state index in [1.807, 2.05) is 6.92 Å². The molecule has 3 heterocycles. The molecule has 1 saturated carbocycles. The van der Waals surface area contributed by atoms with Crippen LogP contribution in [0.25, 0.3) is 10.2 Å². The summed E-state index contributed by atoms with van der Waals surface area (Å²) in [5.74, 6) is 0.902. The van der Waals surface area contributed by atoms with E-state index in [1.54, 1.807) is 17.7 Å². The maximum absolute atomic E-state index is 12.4. The van der Waals surface area contributed by atoms with Gasteiger partial charge in [0.05, 0.1) is 11.3 Å². The molecule has 156 valence electrons. The van der Waals surface area contributed by atoms with Crippen molar-refractivity contribution in [1.82, 2.24) is 15.3 Å². The molecular weight excluding hydrogens is 388 g/mol. The second-order valence-corrected chi connectivity index (χ2v) is 9.43. The van der Waals surface area contributed by atoms with Crippen LogP contribution in [0.3, 0.4) is 0 Å². The van der Waals surface area contributed by atoms with Crippen molar-refractivity contribution >= 4 is 39.2 Å². The van der Waals surface area contributed by atoms with Gasteiger partial charge in [0, 0.05) is 24.0 Å². The fourth-order valence-corrected chi connectivity index (χ4v) is 4.99. The lowest BCUT2D eigenvalue weighted by molar-refractivity contribution is -0.153. The zero-order valence-corrected chi connectivity index (χ0v) is 18.1. The van der Waals surface area contributed by atoms with Crippen LogP contribution in [-0.4, -0.2) is 47.6 Å². The summed E-state index contributed by atoms with van der Waals surface area (Å²) in [4.78, 5) is 37.8. The number of fused-ring (bicyclic) bond motifs is 1. The highest BCUT2D eigenvalue weighted by Gasteiger charge is 2.30. The quantitative estimate of drug-likeness (QED) is 0.729. The maximum atomic E-state index is 12.4. The van der Waals surface area contributed by atoms with Gasteiger partial charge in [-0.2, -0.15) is 0 Å². The first kappa shape index (κ1) is 20.1. The Kier molecular flexibility index (Phi) is 5.72.